The van der Waals surface area contributed by atoms with E-state index < -0.39 is 0 Å². The third-order valence-corrected chi connectivity index (χ3v) is 7.37. The second-order valence-corrected chi connectivity index (χ2v) is 8.75. The summed E-state index contributed by atoms with van der Waals surface area (Å²) < 4.78 is 0. The molecule has 7 heteroatoms. The molecule has 0 bridgehead atoms. The monoisotopic (exact) mass is 384 g/mol. The predicted octanol–water partition coefficient (Wildman–Crippen LogP) is 1.61. The van der Waals surface area contributed by atoms with Crippen LogP contribution < -0.4 is 5.32 Å². The maximum atomic E-state index is 12.8. The molecule has 1 unspecified atom stereocenters. The van der Waals surface area contributed by atoms with Crippen LogP contribution in [0.1, 0.15) is 46.5 Å². The third-order valence-electron chi connectivity index (χ3n) is 5.75. The normalized spacial score (nSPS) is 23.0. The van der Waals surface area contributed by atoms with Crippen LogP contribution in [0.15, 0.2) is 0 Å². The van der Waals surface area contributed by atoms with Crippen LogP contribution in [0, 0.1) is 0 Å². The second kappa shape index (κ2) is 9.95. The lowest BCUT2D eigenvalue weighted by Gasteiger charge is -2.44. The lowest BCUT2D eigenvalue weighted by atomic mass is 10.00. The number of hydrogen-bond donors (Lipinski definition) is 1. The van der Waals surface area contributed by atoms with Crippen molar-refractivity contribution in [1.29, 1.82) is 0 Å². The first-order valence-corrected chi connectivity index (χ1v) is 11.1. The van der Waals surface area contributed by atoms with Gasteiger partial charge in [-0.3, -0.25) is 9.59 Å². The lowest BCUT2D eigenvalue weighted by Crippen LogP contribution is -2.57. The molecule has 26 heavy (non-hydrogen) atoms. The summed E-state index contributed by atoms with van der Waals surface area (Å²) >= 11 is 1.82. The minimum Gasteiger partial charge on any atom is -0.354 e. The van der Waals surface area contributed by atoms with Gasteiger partial charge in [0.15, 0.2) is 0 Å². The highest BCUT2D eigenvalue weighted by molar-refractivity contribution is 8.01. The Hall–Kier alpha value is -0.790. The molecule has 1 atom stereocenters. The van der Waals surface area contributed by atoms with Gasteiger partial charge < -0.3 is 20.0 Å². The van der Waals surface area contributed by atoms with Gasteiger partial charge in [0.05, 0.1) is 4.87 Å². The zero-order valence-electron chi connectivity index (χ0n) is 16.9. The quantitative estimate of drug-likeness (QED) is 0.645. The first-order valence-electron chi connectivity index (χ1n) is 10.1. The predicted molar refractivity (Wildman–Crippen MR) is 108 cm³/mol. The molecule has 2 fully saturated rings. The summed E-state index contributed by atoms with van der Waals surface area (Å²) in [4.78, 5) is 31.9. The van der Waals surface area contributed by atoms with Gasteiger partial charge in [-0.25, -0.2) is 0 Å². The largest absolute Gasteiger partial charge is 0.354 e. The van der Waals surface area contributed by atoms with Crippen molar-refractivity contribution in [3.63, 3.8) is 0 Å². The van der Waals surface area contributed by atoms with E-state index in [1.54, 1.807) is 0 Å². The summed E-state index contributed by atoms with van der Waals surface area (Å²) in [6.45, 7) is 11.9. The third kappa shape index (κ3) is 4.93. The van der Waals surface area contributed by atoms with Crippen LogP contribution in [-0.4, -0.2) is 89.5 Å². The number of likely N-dealkylation sites (tertiary alicyclic amines) is 1. The van der Waals surface area contributed by atoms with E-state index in [1.807, 2.05) is 23.6 Å². The average molecular weight is 385 g/mol. The number of nitrogens with zero attached hydrogens (tertiary/aromatic N) is 3. The topological polar surface area (TPSA) is 55.9 Å². The molecule has 2 aliphatic rings. The van der Waals surface area contributed by atoms with E-state index in [1.165, 1.54) is 0 Å². The molecule has 2 rings (SSSR count). The highest BCUT2D eigenvalue weighted by atomic mass is 32.2. The molecule has 2 heterocycles. The molecule has 0 radical (unpaired) electrons. The van der Waals surface area contributed by atoms with E-state index in [0.29, 0.717) is 13.0 Å². The van der Waals surface area contributed by atoms with E-state index in [0.717, 1.165) is 57.7 Å². The maximum absolute atomic E-state index is 12.8. The Bertz CT molecular complexity index is 476. The molecule has 0 aromatic heterocycles. The van der Waals surface area contributed by atoms with Crippen LogP contribution in [0.5, 0.6) is 0 Å². The number of amides is 2. The van der Waals surface area contributed by atoms with Crippen LogP contribution in [0.3, 0.4) is 0 Å². The molecule has 0 aromatic carbocycles. The molecular weight excluding hydrogens is 348 g/mol. The molecule has 150 valence electrons. The Labute approximate surface area is 163 Å². The second-order valence-electron chi connectivity index (χ2n) is 7.37. The zero-order chi connectivity index (χ0) is 19.2. The summed E-state index contributed by atoms with van der Waals surface area (Å²) in [5, 5.41) is 3.08. The Morgan fingerprint density at radius 2 is 1.85 bits per heavy atom. The zero-order valence-corrected chi connectivity index (χ0v) is 17.7. The van der Waals surface area contributed by atoms with Crippen LogP contribution in [0.4, 0.5) is 0 Å². The number of carbonyl (C=O) groups is 2. The van der Waals surface area contributed by atoms with Gasteiger partial charge in [-0.05, 0) is 45.9 Å². The first-order chi connectivity index (χ1) is 12.5. The summed E-state index contributed by atoms with van der Waals surface area (Å²) in [7, 11) is 2.12. The smallest absolute Gasteiger partial charge is 0.243 e. The molecule has 1 N–H and O–H groups in total. The van der Waals surface area contributed by atoms with Gasteiger partial charge in [-0.2, -0.15) is 0 Å². The van der Waals surface area contributed by atoms with Gasteiger partial charge >= 0.3 is 0 Å². The maximum Gasteiger partial charge on any atom is 0.243 e. The van der Waals surface area contributed by atoms with Crippen LogP contribution in [0.25, 0.3) is 0 Å². The summed E-state index contributed by atoms with van der Waals surface area (Å²) in [6.07, 6.45) is 3.31. The van der Waals surface area contributed by atoms with Gasteiger partial charge in [-0.1, -0.05) is 20.8 Å². The number of piperidine rings is 1. The van der Waals surface area contributed by atoms with Gasteiger partial charge in [0.1, 0.15) is 6.04 Å². The molecule has 1 spiro atoms. The van der Waals surface area contributed by atoms with Crippen molar-refractivity contribution >= 4 is 23.6 Å². The molecular formula is C19H36N4O2S. The van der Waals surface area contributed by atoms with Crippen LogP contribution >= 0.6 is 11.8 Å². The van der Waals surface area contributed by atoms with Crippen molar-refractivity contribution in [1.82, 2.24) is 20.0 Å². The van der Waals surface area contributed by atoms with Crippen molar-refractivity contribution in [2.75, 3.05) is 52.1 Å². The van der Waals surface area contributed by atoms with Gasteiger partial charge in [-0.15, -0.1) is 11.8 Å². The Morgan fingerprint density at radius 1 is 1.19 bits per heavy atom. The fourth-order valence-corrected chi connectivity index (χ4v) is 5.56. The Balaban J connectivity index is 1.94. The SMILES string of the molecule is CCC(=O)N1C(C(=O)NCCCN(CC)CC)CSC12CCN(C)CC2. The molecule has 2 aliphatic heterocycles. The van der Waals surface area contributed by atoms with Crippen molar-refractivity contribution in [3.8, 4) is 0 Å². The van der Waals surface area contributed by atoms with Crippen molar-refractivity contribution in [2.24, 2.45) is 0 Å². The van der Waals surface area contributed by atoms with E-state index in [2.05, 4.69) is 36.0 Å². The summed E-state index contributed by atoms with van der Waals surface area (Å²) in [5.41, 5.74) is 0. The van der Waals surface area contributed by atoms with Crippen molar-refractivity contribution in [2.45, 2.75) is 57.4 Å². The fourth-order valence-electron chi connectivity index (χ4n) is 3.95. The highest BCUT2D eigenvalue weighted by Gasteiger charge is 2.52. The number of rotatable bonds is 8. The Morgan fingerprint density at radius 3 is 2.42 bits per heavy atom. The van der Waals surface area contributed by atoms with Gasteiger partial charge in [0.2, 0.25) is 11.8 Å². The first kappa shape index (κ1) is 21.5. The average Bonchev–Trinajstić information content (AvgIpc) is 3.02. The van der Waals surface area contributed by atoms with Crippen LogP contribution in [0.2, 0.25) is 0 Å². The number of carbonyl (C=O) groups excluding carboxylic acids is 2. The van der Waals surface area contributed by atoms with Gasteiger partial charge in [0.25, 0.3) is 0 Å². The molecule has 0 aliphatic carbocycles. The van der Waals surface area contributed by atoms with E-state index in [-0.39, 0.29) is 22.7 Å². The fraction of sp³-hybridized carbons (Fsp3) is 0.895. The van der Waals surface area contributed by atoms with E-state index >= 15 is 0 Å². The molecule has 6 nitrogen and oxygen atoms in total. The molecule has 0 saturated carbocycles. The molecule has 0 aromatic rings. The summed E-state index contributed by atoms with van der Waals surface area (Å²) in [6, 6.07) is -0.315. The van der Waals surface area contributed by atoms with Crippen LogP contribution in [-0.2, 0) is 9.59 Å². The molecule has 2 amide bonds. The minimum absolute atomic E-state index is 0.0228. The highest BCUT2D eigenvalue weighted by Crippen LogP contribution is 2.46. The lowest BCUT2D eigenvalue weighted by molar-refractivity contribution is -0.143. The Kier molecular flexibility index (Phi) is 8.23. The van der Waals surface area contributed by atoms with Gasteiger partial charge in [0, 0.05) is 31.8 Å². The number of hydrogen-bond acceptors (Lipinski definition) is 5. The standard InChI is InChI=1S/C19H36N4O2S/c1-5-17(24)23-16(15-26-19(23)9-13-21(4)14-10-19)18(25)20-11-8-12-22(6-2)7-3/h16H,5-15H2,1-4H3,(H,20,25). The number of thioether (sulfide) groups is 1. The van der Waals surface area contributed by atoms with E-state index in [4.69, 9.17) is 0 Å². The minimum atomic E-state index is -0.315. The molecule has 2 saturated heterocycles. The summed E-state index contributed by atoms with van der Waals surface area (Å²) in [5.74, 6) is 0.856. The van der Waals surface area contributed by atoms with Crippen molar-refractivity contribution < 1.29 is 9.59 Å². The van der Waals surface area contributed by atoms with Crippen molar-refractivity contribution in [3.05, 3.63) is 0 Å². The van der Waals surface area contributed by atoms with E-state index in [9.17, 15) is 9.59 Å². The number of nitrogens with one attached hydrogen (secondary N) is 1.